The number of amides is 3. The van der Waals surface area contributed by atoms with Gasteiger partial charge in [0.2, 0.25) is 17.7 Å². The van der Waals surface area contributed by atoms with Crippen molar-refractivity contribution in [3.63, 3.8) is 0 Å². The summed E-state index contributed by atoms with van der Waals surface area (Å²) in [6, 6.07) is 5.24. The summed E-state index contributed by atoms with van der Waals surface area (Å²) in [5, 5.41) is 4.20. The summed E-state index contributed by atoms with van der Waals surface area (Å²) in [6.45, 7) is 5.16. The van der Waals surface area contributed by atoms with E-state index < -0.39 is 41.7 Å². The van der Waals surface area contributed by atoms with E-state index in [1.807, 2.05) is 24.3 Å². The number of hydrogen-bond acceptors (Lipinski definition) is 8. The summed E-state index contributed by atoms with van der Waals surface area (Å²) >= 11 is 0. The number of aromatic nitrogens is 1. The Labute approximate surface area is 239 Å². The van der Waals surface area contributed by atoms with Crippen molar-refractivity contribution in [2.75, 3.05) is 13.7 Å². The van der Waals surface area contributed by atoms with E-state index in [-0.39, 0.29) is 31.6 Å². The van der Waals surface area contributed by atoms with Crippen LogP contribution in [0.2, 0.25) is 0 Å². The average molecular weight is 567 g/mol. The second-order valence-corrected chi connectivity index (χ2v) is 11.5. The number of alkyl carbamates (subject to hydrolysis) is 1. The lowest BCUT2D eigenvalue weighted by atomic mass is 10.1. The molecule has 220 valence electrons. The van der Waals surface area contributed by atoms with Gasteiger partial charge in [-0.25, -0.2) is 9.78 Å². The number of nitrogens with one attached hydrogen (secondary N) is 1. The van der Waals surface area contributed by atoms with Gasteiger partial charge in [-0.2, -0.15) is 0 Å². The van der Waals surface area contributed by atoms with Crippen LogP contribution in [0.3, 0.4) is 0 Å². The topological polar surface area (TPSA) is 150 Å². The van der Waals surface area contributed by atoms with Gasteiger partial charge in [-0.05, 0) is 81.7 Å². The molecular formula is C30H38N4O7. The number of hydrogen-bond donors (Lipinski definition) is 2. The molecule has 1 aromatic carbocycles. The van der Waals surface area contributed by atoms with Gasteiger partial charge in [-0.3, -0.25) is 14.4 Å². The van der Waals surface area contributed by atoms with Crippen molar-refractivity contribution in [1.29, 1.82) is 0 Å². The lowest BCUT2D eigenvalue weighted by molar-refractivity contribution is -0.139. The number of carbonyl (C=O) groups is 4. The maximum absolute atomic E-state index is 13.8. The molecule has 11 nitrogen and oxygen atoms in total. The summed E-state index contributed by atoms with van der Waals surface area (Å²) in [5.41, 5.74) is 4.90. The molecule has 1 aromatic heterocycles. The predicted octanol–water partition coefficient (Wildman–Crippen LogP) is 3.29. The molecule has 3 unspecified atom stereocenters. The number of ether oxygens (including phenoxy) is 3. The minimum absolute atomic E-state index is 0.0339. The monoisotopic (exact) mass is 566 g/mol. The third-order valence-electron chi connectivity index (χ3n) is 6.93. The number of methoxy groups -OCH3 is 1. The van der Waals surface area contributed by atoms with Gasteiger partial charge in [0.15, 0.2) is 5.78 Å². The number of ketones is 1. The first-order valence-corrected chi connectivity index (χ1v) is 13.8. The van der Waals surface area contributed by atoms with Crippen LogP contribution in [-0.2, 0) is 19.1 Å². The van der Waals surface area contributed by atoms with E-state index in [4.69, 9.17) is 19.9 Å². The summed E-state index contributed by atoms with van der Waals surface area (Å²) in [7, 11) is 1.58. The van der Waals surface area contributed by atoms with Crippen molar-refractivity contribution in [2.24, 2.45) is 11.7 Å². The quantitative estimate of drug-likeness (QED) is 0.394. The standard InChI is InChI=1S/C30H38N4O7/c1-30(2,3)41-29(38)33-24(12-9-20(35)8-7-18-5-6-18)28(37)34-17-22(16-25(34)26(31)36)40-27-23-11-10-21(39-4)15-19(23)13-14-32-27/h7-8,10-11,13-15,18,22,24-25H,5-6,9,12,16-17H2,1-4H3,(H2,31,36)(H,33,38). The normalized spacial score (nSPS) is 19.7. The number of rotatable bonds is 11. The van der Waals surface area contributed by atoms with Crippen molar-refractivity contribution < 1.29 is 33.4 Å². The Bertz CT molecular complexity index is 1330. The third kappa shape index (κ3) is 8.18. The molecule has 2 heterocycles. The largest absolute Gasteiger partial charge is 0.497 e. The van der Waals surface area contributed by atoms with Crippen LogP contribution in [0.15, 0.2) is 42.6 Å². The minimum atomic E-state index is -1.10. The molecule has 4 rings (SSSR count). The van der Waals surface area contributed by atoms with Gasteiger partial charge in [-0.15, -0.1) is 0 Å². The predicted molar refractivity (Wildman–Crippen MR) is 151 cm³/mol. The Hall–Kier alpha value is -4.15. The molecule has 11 heteroatoms. The molecule has 2 fully saturated rings. The minimum Gasteiger partial charge on any atom is -0.497 e. The molecule has 1 aliphatic heterocycles. The first-order valence-electron chi connectivity index (χ1n) is 13.8. The van der Waals surface area contributed by atoms with Gasteiger partial charge in [-0.1, -0.05) is 6.08 Å². The molecule has 0 spiro atoms. The molecule has 3 amide bonds. The van der Waals surface area contributed by atoms with Gasteiger partial charge in [0, 0.05) is 24.4 Å². The van der Waals surface area contributed by atoms with Crippen LogP contribution < -0.4 is 20.5 Å². The summed E-state index contributed by atoms with van der Waals surface area (Å²) in [6.07, 6.45) is 6.00. The fraction of sp³-hybridized carbons (Fsp3) is 0.500. The highest BCUT2D eigenvalue weighted by molar-refractivity contribution is 5.93. The Kier molecular flexibility index (Phi) is 9.14. The first kappa shape index (κ1) is 29.8. The molecule has 1 saturated carbocycles. The Morgan fingerprint density at radius 2 is 1.95 bits per heavy atom. The van der Waals surface area contributed by atoms with Crippen LogP contribution in [0.25, 0.3) is 10.8 Å². The molecule has 1 aliphatic carbocycles. The summed E-state index contributed by atoms with van der Waals surface area (Å²) in [4.78, 5) is 56.9. The van der Waals surface area contributed by atoms with Crippen LogP contribution >= 0.6 is 0 Å². The van der Waals surface area contributed by atoms with Crippen LogP contribution in [0.1, 0.15) is 52.9 Å². The lowest BCUT2D eigenvalue weighted by Gasteiger charge is -2.28. The molecule has 2 aliphatic rings. The Morgan fingerprint density at radius 1 is 1.20 bits per heavy atom. The molecule has 2 aromatic rings. The molecule has 41 heavy (non-hydrogen) atoms. The second-order valence-electron chi connectivity index (χ2n) is 11.5. The van der Waals surface area contributed by atoms with Crippen LogP contribution in [-0.4, -0.2) is 71.0 Å². The molecule has 3 atom stereocenters. The van der Waals surface area contributed by atoms with E-state index in [0.717, 1.165) is 23.6 Å². The number of primary amides is 1. The molecule has 0 radical (unpaired) electrons. The van der Waals surface area contributed by atoms with Crippen molar-refractivity contribution >= 4 is 34.5 Å². The zero-order valence-corrected chi connectivity index (χ0v) is 23.9. The molecular weight excluding hydrogens is 528 g/mol. The van der Waals surface area contributed by atoms with Gasteiger partial charge < -0.3 is 30.2 Å². The number of fused-ring (bicyclic) bond motifs is 1. The number of carbonyl (C=O) groups excluding carboxylic acids is 4. The SMILES string of the molecule is COc1ccc2c(OC3CC(C(N)=O)N(C(=O)C(CCC(=O)C=CC4CC4)NC(=O)OC(C)(C)C)C3)nccc2c1. The van der Waals surface area contributed by atoms with E-state index >= 15 is 0 Å². The smallest absolute Gasteiger partial charge is 0.408 e. The van der Waals surface area contributed by atoms with Crippen LogP contribution in [0, 0.1) is 5.92 Å². The van der Waals surface area contributed by atoms with Gasteiger partial charge in [0.05, 0.1) is 13.7 Å². The van der Waals surface area contributed by atoms with Crippen molar-refractivity contribution in [2.45, 2.75) is 76.7 Å². The first-order chi connectivity index (χ1) is 19.4. The summed E-state index contributed by atoms with van der Waals surface area (Å²) in [5.74, 6) is 0.0935. The molecule has 0 bridgehead atoms. The number of pyridine rings is 1. The Morgan fingerprint density at radius 3 is 2.61 bits per heavy atom. The van der Waals surface area contributed by atoms with E-state index in [0.29, 0.717) is 17.5 Å². The third-order valence-corrected chi connectivity index (χ3v) is 6.93. The number of nitrogens with two attached hydrogens (primary N) is 1. The maximum Gasteiger partial charge on any atom is 0.408 e. The van der Waals surface area contributed by atoms with E-state index in [2.05, 4.69) is 10.3 Å². The molecule has 3 N–H and O–H groups in total. The van der Waals surface area contributed by atoms with E-state index in [1.165, 1.54) is 11.0 Å². The number of nitrogens with zero attached hydrogens (tertiary/aromatic N) is 2. The van der Waals surface area contributed by atoms with Crippen molar-refractivity contribution in [1.82, 2.24) is 15.2 Å². The lowest BCUT2D eigenvalue weighted by Crippen LogP contribution is -2.53. The second kappa shape index (κ2) is 12.6. The van der Waals surface area contributed by atoms with Crippen LogP contribution in [0.4, 0.5) is 4.79 Å². The van der Waals surface area contributed by atoms with Gasteiger partial charge in [0.1, 0.15) is 29.5 Å². The highest BCUT2D eigenvalue weighted by Crippen LogP contribution is 2.31. The maximum atomic E-state index is 13.8. The Balaban J connectivity index is 1.50. The number of benzene rings is 1. The highest BCUT2D eigenvalue weighted by atomic mass is 16.6. The highest BCUT2D eigenvalue weighted by Gasteiger charge is 2.42. The zero-order chi connectivity index (χ0) is 29.7. The van der Waals surface area contributed by atoms with Crippen LogP contribution in [0.5, 0.6) is 11.6 Å². The van der Waals surface area contributed by atoms with E-state index in [1.54, 1.807) is 40.1 Å². The fourth-order valence-corrected chi connectivity index (χ4v) is 4.71. The van der Waals surface area contributed by atoms with Crippen molar-refractivity contribution in [3.8, 4) is 11.6 Å². The van der Waals surface area contributed by atoms with Gasteiger partial charge >= 0.3 is 6.09 Å². The van der Waals surface area contributed by atoms with Gasteiger partial charge in [0.25, 0.3) is 0 Å². The number of likely N-dealkylation sites (tertiary alicyclic amines) is 1. The fourth-order valence-electron chi connectivity index (χ4n) is 4.71. The summed E-state index contributed by atoms with van der Waals surface area (Å²) < 4.78 is 16.8. The van der Waals surface area contributed by atoms with Crippen molar-refractivity contribution in [3.05, 3.63) is 42.6 Å². The zero-order valence-electron chi connectivity index (χ0n) is 23.9. The van der Waals surface area contributed by atoms with E-state index in [9.17, 15) is 19.2 Å². The molecule has 1 saturated heterocycles. The average Bonchev–Trinajstić information content (AvgIpc) is 3.65. The number of allylic oxidation sites excluding steroid dienone is 2.